The van der Waals surface area contributed by atoms with Gasteiger partial charge >= 0.3 is 5.97 Å². The molecule has 0 aliphatic heterocycles. The quantitative estimate of drug-likeness (QED) is 0.727. The second-order valence-corrected chi connectivity index (χ2v) is 5.81. The first-order chi connectivity index (χ1) is 11.7. The van der Waals surface area contributed by atoms with Gasteiger partial charge in [-0.2, -0.15) is 0 Å². The van der Waals surface area contributed by atoms with Crippen molar-refractivity contribution >= 4 is 17.8 Å². The molecule has 1 aromatic rings. The number of likely N-dealkylation sites (N-methyl/N-ethyl adjacent to an activating group) is 1. The molecule has 1 unspecified atom stereocenters. The topological polar surface area (TPSA) is 105 Å². The predicted octanol–water partition coefficient (Wildman–Crippen LogP) is 1.14. The summed E-state index contributed by atoms with van der Waals surface area (Å²) in [7, 11) is 2.82. The van der Waals surface area contributed by atoms with Crippen molar-refractivity contribution in [3.05, 3.63) is 23.8 Å². The van der Waals surface area contributed by atoms with Crippen molar-refractivity contribution in [2.45, 2.75) is 32.9 Å². The zero-order valence-corrected chi connectivity index (χ0v) is 15.0. The van der Waals surface area contributed by atoms with Crippen molar-refractivity contribution in [2.75, 3.05) is 20.8 Å². The molecule has 0 heterocycles. The number of aliphatic carboxylic acids is 1. The Kier molecular flexibility index (Phi) is 7.22. The fraction of sp³-hybridized carbons (Fsp3) is 0.471. The van der Waals surface area contributed by atoms with Crippen LogP contribution in [0.3, 0.4) is 0 Å². The molecule has 1 aromatic carbocycles. The van der Waals surface area contributed by atoms with E-state index in [1.807, 2.05) is 13.8 Å². The highest BCUT2D eigenvalue weighted by Gasteiger charge is 2.23. The monoisotopic (exact) mass is 352 g/mol. The summed E-state index contributed by atoms with van der Waals surface area (Å²) in [6.45, 7) is 4.92. The van der Waals surface area contributed by atoms with Gasteiger partial charge in [-0.05, 0) is 39.0 Å². The Morgan fingerprint density at radius 2 is 1.84 bits per heavy atom. The van der Waals surface area contributed by atoms with Crippen molar-refractivity contribution in [1.29, 1.82) is 0 Å². The fourth-order valence-corrected chi connectivity index (χ4v) is 1.97. The molecule has 0 saturated carbocycles. The Morgan fingerprint density at radius 1 is 1.20 bits per heavy atom. The molecule has 0 fully saturated rings. The lowest BCUT2D eigenvalue weighted by molar-refractivity contribution is -0.141. The van der Waals surface area contributed by atoms with Gasteiger partial charge in [0.15, 0.2) is 18.1 Å². The number of hydrogen-bond acceptors (Lipinski definition) is 5. The van der Waals surface area contributed by atoms with Crippen LogP contribution in [0.25, 0.3) is 0 Å². The number of nitrogens with zero attached hydrogens (tertiary/aromatic N) is 1. The van der Waals surface area contributed by atoms with Gasteiger partial charge in [0, 0.05) is 18.7 Å². The number of methoxy groups -OCH3 is 1. The van der Waals surface area contributed by atoms with Gasteiger partial charge in [0.2, 0.25) is 0 Å². The molecule has 8 nitrogen and oxygen atoms in total. The Balaban J connectivity index is 2.89. The molecule has 0 spiro atoms. The second kappa shape index (κ2) is 8.91. The maximum absolute atomic E-state index is 12.4. The van der Waals surface area contributed by atoms with Crippen molar-refractivity contribution in [1.82, 2.24) is 10.2 Å². The zero-order valence-electron chi connectivity index (χ0n) is 15.0. The summed E-state index contributed by atoms with van der Waals surface area (Å²) in [6.07, 6.45) is 0. The van der Waals surface area contributed by atoms with Gasteiger partial charge in [0.05, 0.1) is 7.11 Å². The van der Waals surface area contributed by atoms with Crippen LogP contribution in [-0.2, 0) is 9.59 Å². The number of nitrogens with one attached hydrogen (secondary N) is 1. The van der Waals surface area contributed by atoms with Crippen LogP contribution in [0.1, 0.15) is 31.1 Å². The van der Waals surface area contributed by atoms with E-state index in [9.17, 15) is 14.4 Å². The molecule has 0 aromatic heterocycles. The second-order valence-electron chi connectivity index (χ2n) is 5.81. The van der Waals surface area contributed by atoms with E-state index >= 15 is 0 Å². The molecular formula is C17H24N2O6. The lowest BCUT2D eigenvalue weighted by atomic mass is 10.1. The predicted molar refractivity (Wildman–Crippen MR) is 91.0 cm³/mol. The molecule has 2 N–H and O–H groups in total. The fourth-order valence-electron chi connectivity index (χ4n) is 1.97. The minimum absolute atomic E-state index is 0.00440. The summed E-state index contributed by atoms with van der Waals surface area (Å²) in [6, 6.07) is 3.49. The van der Waals surface area contributed by atoms with Crippen LogP contribution in [-0.4, -0.2) is 60.6 Å². The first-order valence-electron chi connectivity index (χ1n) is 7.77. The third-order valence-electron chi connectivity index (χ3n) is 3.48. The molecule has 138 valence electrons. The summed E-state index contributed by atoms with van der Waals surface area (Å²) in [5.41, 5.74) is 0.256. The highest BCUT2D eigenvalue weighted by Crippen LogP contribution is 2.28. The van der Waals surface area contributed by atoms with Crippen LogP contribution in [0.5, 0.6) is 11.5 Å². The number of ether oxygens (including phenoxy) is 2. The van der Waals surface area contributed by atoms with E-state index < -0.39 is 17.9 Å². The van der Waals surface area contributed by atoms with Crippen molar-refractivity contribution in [2.24, 2.45) is 0 Å². The van der Waals surface area contributed by atoms with Crippen molar-refractivity contribution in [3.63, 3.8) is 0 Å². The van der Waals surface area contributed by atoms with Gasteiger partial charge in [-0.15, -0.1) is 0 Å². The minimum atomic E-state index is -1.10. The van der Waals surface area contributed by atoms with Crippen LogP contribution in [0.2, 0.25) is 0 Å². The Labute approximate surface area is 146 Å². The maximum atomic E-state index is 12.4. The third-order valence-corrected chi connectivity index (χ3v) is 3.48. The van der Waals surface area contributed by atoms with Crippen LogP contribution in [0, 0.1) is 0 Å². The van der Waals surface area contributed by atoms with E-state index in [-0.39, 0.29) is 29.9 Å². The SMILES string of the molecule is COc1cc(C(=O)N(C)C(C)C(=O)O)ccc1OCC(=O)NC(C)C. The summed E-state index contributed by atoms with van der Waals surface area (Å²) < 4.78 is 10.6. The van der Waals surface area contributed by atoms with Gasteiger partial charge in [-0.3, -0.25) is 9.59 Å². The van der Waals surface area contributed by atoms with Crippen LogP contribution >= 0.6 is 0 Å². The summed E-state index contributed by atoms with van der Waals surface area (Å²) in [5.74, 6) is -1.24. The van der Waals surface area contributed by atoms with Gasteiger partial charge in [-0.25, -0.2) is 4.79 Å². The highest BCUT2D eigenvalue weighted by atomic mass is 16.5. The molecule has 0 aliphatic carbocycles. The first-order valence-corrected chi connectivity index (χ1v) is 7.77. The lowest BCUT2D eigenvalue weighted by Gasteiger charge is -2.22. The molecule has 0 aliphatic rings. The number of carbonyl (C=O) groups excluding carboxylic acids is 2. The van der Waals surface area contributed by atoms with E-state index in [2.05, 4.69) is 5.32 Å². The van der Waals surface area contributed by atoms with Crippen LogP contribution in [0.15, 0.2) is 18.2 Å². The standard InChI is InChI=1S/C17H24N2O6/c1-10(2)18-15(20)9-25-13-7-6-12(8-14(13)24-5)16(21)19(4)11(3)17(22)23/h6-8,10-11H,9H2,1-5H3,(H,18,20)(H,22,23). The number of carbonyl (C=O) groups is 3. The average molecular weight is 352 g/mol. The van der Waals surface area contributed by atoms with E-state index in [4.69, 9.17) is 14.6 Å². The van der Waals surface area contributed by atoms with E-state index in [1.54, 1.807) is 0 Å². The largest absolute Gasteiger partial charge is 0.493 e. The number of carboxylic acids is 1. The van der Waals surface area contributed by atoms with Crippen LogP contribution in [0.4, 0.5) is 0 Å². The number of benzene rings is 1. The molecular weight excluding hydrogens is 328 g/mol. The van der Waals surface area contributed by atoms with Crippen molar-refractivity contribution < 1.29 is 29.0 Å². The number of rotatable bonds is 8. The van der Waals surface area contributed by atoms with Gasteiger partial charge < -0.3 is 24.8 Å². The first kappa shape index (κ1) is 20.3. The molecule has 0 saturated heterocycles. The summed E-state index contributed by atoms with van der Waals surface area (Å²) in [4.78, 5) is 36.1. The third kappa shape index (κ3) is 5.66. The number of carboxylic acid groups (broad SMARTS) is 1. The molecule has 8 heteroatoms. The van der Waals surface area contributed by atoms with E-state index in [0.717, 1.165) is 4.90 Å². The normalized spacial score (nSPS) is 11.6. The van der Waals surface area contributed by atoms with Gasteiger partial charge in [0.25, 0.3) is 11.8 Å². The van der Waals surface area contributed by atoms with Gasteiger partial charge in [-0.1, -0.05) is 0 Å². The highest BCUT2D eigenvalue weighted by molar-refractivity contribution is 5.97. The van der Waals surface area contributed by atoms with E-state index in [0.29, 0.717) is 5.75 Å². The molecule has 1 rings (SSSR count). The molecule has 0 radical (unpaired) electrons. The molecule has 25 heavy (non-hydrogen) atoms. The minimum Gasteiger partial charge on any atom is -0.493 e. The summed E-state index contributed by atoms with van der Waals surface area (Å²) in [5, 5.41) is 11.7. The Bertz CT molecular complexity index is 644. The number of hydrogen-bond donors (Lipinski definition) is 2. The average Bonchev–Trinajstić information content (AvgIpc) is 2.57. The maximum Gasteiger partial charge on any atom is 0.326 e. The number of amides is 2. The Hall–Kier alpha value is -2.77. The molecule has 0 bridgehead atoms. The van der Waals surface area contributed by atoms with Crippen molar-refractivity contribution in [3.8, 4) is 11.5 Å². The molecule has 1 atom stereocenters. The van der Waals surface area contributed by atoms with Crippen LogP contribution < -0.4 is 14.8 Å². The summed E-state index contributed by atoms with van der Waals surface area (Å²) >= 11 is 0. The zero-order chi connectivity index (χ0) is 19.1. The molecule has 2 amide bonds. The van der Waals surface area contributed by atoms with Gasteiger partial charge in [0.1, 0.15) is 6.04 Å². The lowest BCUT2D eigenvalue weighted by Crippen LogP contribution is -2.40. The Morgan fingerprint density at radius 3 is 2.36 bits per heavy atom. The van der Waals surface area contributed by atoms with E-state index in [1.165, 1.54) is 39.3 Å². The smallest absolute Gasteiger partial charge is 0.326 e.